The van der Waals surface area contributed by atoms with Crippen LogP contribution in [-0.4, -0.2) is 38.4 Å². The van der Waals surface area contributed by atoms with Crippen LogP contribution < -0.4 is 34.7 Å². The Morgan fingerprint density at radius 2 is 1.75 bits per heavy atom. The summed E-state index contributed by atoms with van der Waals surface area (Å²) in [6.07, 6.45) is 0.450. The molecule has 0 aliphatic rings. The molecule has 6 nitrogen and oxygen atoms in total. The molecule has 8 heteroatoms. The van der Waals surface area contributed by atoms with Gasteiger partial charge in [0.2, 0.25) is 0 Å². The number of aliphatic hydroxyl groups excluding tert-OH is 2. The maximum atomic E-state index is 13.5. The molecule has 1 aromatic heterocycles. The summed E-state index contributed by atoms with van der Waals surface area (Å²) in [5.74, 6) is -1.68. The molecular weight excluding hydrogens is 424 g/mol. The molecule has 2 atom stereocenters. The first-order chi connectivity index (χ1) is 14.3. The predicted octanol–water partition coefficient (Wildman–Crippen LogP) is -0.527. The minimum absolute atomic E-state index is 0. The molecule has 1 heterocycles. The van der Waals surface area contributed by atoms with Gasteiger partial charge in [-0.1, -0.05) is 36.4 Å². The summed E-state index contributed by atoms with van der Waals surface area (Å²) in [5.41, 5.74) is 3.61. The number of aromatic nitrogens is 1. The van der Waals surface area contributed by atoms with Crippen LogP contribution in [0.15, 0.2) is 54.6 Å². The van der Waals surface area contributed by atoms with Gasteiger partial charge in [0.05, 0.1) is 12.2 Å². The van der Waals surface area contributed by atoms with Crippen molar-refractivity contribution in [2.45, 2.75) is 44.9 Å². The standard InChI is InChI=1S/C24H26FNO4.Na.H2O/c1-15(2)26-21-6-4-3-5-20(21)24(16-7-9-17(25)10-8-16)22(26)12-11-18(27)13-19(28)14-23(29)30;;/h3-12,15,18-19,27-28H,13-14H2,1-2H3,(H,29,30);;1H2/q;+1;/p-1/b12-11+;;. The van der Waals surface area contributed by atoms with Crippen LogP contribution in [0.25, 0.3) is 28.1 Å². The number of aliphatic hydroxyl groups is 2. The molecule has 32 heavy (non-hydrogen) atoms. The number of halogens is 1. The minimum atomic E-state index is -1.36. The van der Waals surface area contributed by atoms with Gasteiger partial charge in [0.1, 0.15) is 5.82 Å². The molecule has 2 aromatic carbocycles. The van der Waals surface area contributed by atoms with Gasteiger partial charge in [-0.05, 0) is 43.7 Å². The van der Waals surface area contributed by atoms with E-state index in [4.69, 9.17) is 0 Å². The molecule has 0 radical (unpaired) electrons. The number of benzene rings is 2. The van der Waals surface area contributed by atoms with Crippen LogP contribution in [0.4, 0.5) is 4.39 Å². The van der Waals surface area contributed by atoms with E-state index in [0.29, 0.717) is 0 Å². The number of carbonyl (C=O) groups excluding carboxylic acids is 1. The third kappa shape index (κ3) is 6.51. The average Bonchev–Trinajstić information content (AvgIpc) is 3.00. The Kier molecular flexibility index (Phi) is 10.8. The van der Waals surface area contributed by atoms with Crippen LogP contribution in [0.3, 0.4) is 0 Å². The van der Waals surface area contributed by atoms with E-state index in [1.54, 1.807) is 24.3 Å². The number of para-hydroxylation sites is 1. The number of carbonyl (C=O) groups is 1. The molecule has 3 rings (SSSR count). The monoisotopic (exact) mass is 451 g/mol. The Balaban J connectivity index is 0.00000256. The number of carboxylic acid groups (broad SMARTS) is 1. The maximum Gasteiger partial charge on any atom is 1.00 e. The van der Waals surface area contributed by atoms with E-state index in [0.717, 1.165) is 27.7 Å². The SMILES string of the molecule is CC(C)n1c(/C=C/C(O)CC(O)CC(=O)[O-])c(-c2ccc(F)cc2)c2ccccc21.O.[Na+]. The van der Waals surface area contributed by atoms with Crippen molar-refractivity contribution in [1.82, 2.24) is 4.57 Å². The van der Waals surface area contributed by atoms with Crippen LogP contribution in [0.5, 0.6) is 0 Å². The smallest absolute Gasteiger partial charge is 0.550 e. The normalized spacial score (nSPS) is 13.1. The Morgan fingerprint density at radius 1 is 1.12 bits per heavy atom. The molecular formula is C24H27FNNaO5. The predicted molar refractivity (Wildman–Crippen MR) is 117 cm³/mol. The van der Waals surface area contributed by atoms with Crippen molar-refractivity contribution in [3.63, 3.8) is 0 Å². The summed E-state index contributed by atoms with van der Waals surface area (Å²) in [6, 6.07) is 14.3. The molecule has 2 unspecified atom stereocenters. The second-order valence-electron chi connectivity index (χ2n) is 7.64. The van der Waals surface area contributed by atoms with E-state index in [1.165, 1.54) is 12.1 Å². The first kappa shape index (κ1) is 28.0. The molecule has 0 saturated carbocycles. The van der Waals surface area contributed by atoms with Crippen LogP contribution in [0.1, 0.15) is 38.4 Å². The second-order valence-corrected chi connectivity index (χ2v) is 7.64. The molecule has 0 aliphatic carbocycles. The van der Waals surface area contributed by atoms with Gasteiger partial charge in [0, 0.05) is 47.0 Å². The minimum Gasteiger partial charge on any atom is -0.550 e. The van der Waals surface area contributed by atoms with Gasteiger partial charge in [-0.3, -0.25) is 0 Å². The molecule has 3 aromatic rings. The van der Waals surface area contributed by atoms with Crippen molar-refractivity contribution in [1.29, 1.82) is 0 Å². The van der Waals surface area contributed by atoms with E-state index in [1.807, 2.05) is 24.3 Å². The summed E-state index contributed by atoms with van der Waals surface area (Å²) in [6.45, 7) is 4.11. The van der Waals surface area contributed by atoms with E-state index in [2.05, 4.69) is 18.4 Å². The van der Waals surface area contributed by atoms with Crippen molar-refractivity contribution < 1.29 is 59.5 Å². The van der Waals surface area contributed by atoms with Crippen LogP contribution in [-0.2, 0) is 4.79 Å². The maximum absolute atomic E-state index is 13.5. The van der Waals surface area contributed by atoms with Gasteiger partial charge in [-0.25, -0.2) is 4.39 Å². The second kappa shape index (κ2) is 12.3. The van der Waals surface area contributed by atoms with E-state index in [-0.39, 0.29) is 53.3 Å². The molecule has 0 bridgehead atoms. The molecule has 166 valence electrons. The fourth-order valence-corrected chi connectivity index (χ4v) is 3.76. The number of aliphatic carboxylic acids is 1. The molecule has 0 spiro atoms. The zero-order valence-electron chi connectivity index (χ0n) is 18.5. The summed E-state index contributed by atoms with van der Waals surface area (Å²) < 4.78 is 15.6. The molecule has 0 amide bonds. The summed E-state index contributed by atoms with van der Waals surface area (Å²) in [7, 11) is 0. The largest absolute Gasteiger partial charge is 1.00 e. The number of hydrogen-bond donors (Lipinski definition) is 2. The topological polar surface area (TPSA) is 117 Å². The third-order valence-electron chi connectivity index (χ3n) is 4.99. The van der Waals surface area contributed by atoms with Crippen molar-refractivity contribution in [3.8, 4) is 11.1 Å². The third-order valence-corrected chi connectivity index (χ3v) is 4.99. The van der Waals surface area contributed by atoms with Crippen LogP contribution >= 0.6 is 0 Å². The Labute approximate surface area is 208 Å². The summed E-state index contributed by atoms with van der Waals surface area (Å²) >= 11 is 0. The van der Waals surface area contributed by atoms with Crippen LogP contribution in [0.2, 0.25) is 0 Å². The van der Waals surface area contributed by atoms with Gasteiger partial charge >= 0.3 is 29.6 Å². The number of nitrogens with zero attached hydrogens (tertiary/aromatic N) is 1. The van der Waals surface area contributed by atoms with E-state index in [9.17, 15) is 24.5 Å². The van der Waals surface area contributed by atoms with E-state index < -0.39 is 24.6 Å². The molecule has 0 saturated heterocycles. The van der Waals surface area contributed by atoms with Gasteiger partial charge in [0.15, 0.2) is 0 Å². The van der Waals surface area contributed by atoms with Gasteiger partial charge in [0.25, 0.3) is 0 Å². The van der Waals surface area contributed by atoms with Crippen molar-refractivity contribution in [2.75, 3.05) is 0 Å². The quantitative estimate of drug-likeness (QED) is 0.448. The fraction of sp³-hybridized carbons (Fsp3) is 0.292. The van der Waals surface area contributed by atoms with E-state index >= 15 is 0 Å². The number of fused-ring (bicyclic) bond motifs is 1. The zero-order valence-corrected chi connectivity index (χ0v) is 20.5. The molecule has 4 N–H and O–H groups in total. The first-order valence-corrected chi connectivity index (χ1v) is 9.91. The number of rotatable bonds is 8. The zero-order chi connectivity index (χ0) is 21.8. The fourth-order valence-electron chi connectivity index (χ4n) is 3.76. The van der Waals surface area contributed by atoms with Gasteiger partial charge in [-0.15, -0.1) is 0 Å². The summed E-state index contributed by atoms with van der Waals surface area (Å²) in [5, 5.41) is 31.6. The van der Waals surface area contributed by atoms with Crippen molar-refractivity contribution in [3.05, 3.63) is 66.1 Å². The molecule has 0 fully saturated rings. The summed E-state index contributed by atoms with van der Waals surface area (Å²) in [4.78, 5) is 10.6. The Hall–Kier alpha value is -2.00. The van der Waals surface area contributed by atoms with Crippen LogP contribution in [0, 0.1) is 5.82 Å². The Morgan fingerprint density at radius 3 is 2.34 bits per heavy atom. The average molecular weight is 451 g/mol. The van der Waals surface area contributed by atoms with Gasteiger partial charge in [-0.2, -0.15) is 0 Å². The van der Waals surface area contributed by atoms with Crippen molar-refractivity contribution >= 4 is 22.9 Å². The molecule has 0 aliphatic heterocycles. The number of hydrogen-bond acceptors (Lipinski definition) is 4. The Bertz CT molecular complexity index is 1060. The van der Waals surface area contributed by atoms with Crippen molar-refractivity contribution in [2.24, 2.45) is 0 Å². The van der Waals surface area contributed by atoms with Gasteiger partial charge < -0.3 is 30.2 Å². The number of carboxylic acids is 1. The first-order valence-electron chi connectivity index (χ1n) is 9.91.